The van der Waals surface area contributed by atoms with E-state index >= 15 is 0 Å². The zero-order valence-electron chi connectivity index (χ0n) is 18.1. The van der Waals surface area contributed by atoms with E-state index < -0.39 is 5.97 Å². The Balaban J connectivity index is 1.65. The molecule has 33 heavy (non-hydrogen) atoms. The molecule has 0 saturated carbocycles. The van der Waals surface area contributed by atoms with Crippen LogP contribution in [-0.2, 0) is 0 Å². The van der Waals surface area contributed by atoms with Crippen LogP contribution < -0.4 is 24.4 Å². The van der Waals surface area contributed by atoms with Crippen LogP contribution in [0.15, 0.2) is 70.2 Å². The van der Waals surface area contributed by atoms with E-state index in [4.69, 9.17) is 18.9 Å². The number of hydrazone groups is 1. The van der Waals surface area contributed by atoms with Gasteiger partial charge in [-0.15, -0.1) is 0 Å². The minimum atomic E-state index is -0.587. The number of hydrogen-bond donors (Lipinski definition) is 1. The first-order valence-corrected chi connectivity index (χ1v) is 10.5. The molecule has 3 aromatic rings. The normalized spacial score (nSPS) is 10.5. The van der Waals surface area contributed by atoms with Crippen LogP contribution >= 0.6 is 15.9 Å². The Kier molecular flexibility index (Phi) is 8.04. The molecule has 0 aromatic heterocycles. The lowest BCUT2D eigenvalue weighted by Gasteiger charge is -2.13. The van der Waals surface area contributed by atoms with Crippen LogP contribution in [0.25, 0.3) is 0 Å². The van der Waals surface area contributed by atoms with Crippen LogP contribution in [0.2, 0.25) is 0 Å². The summed E-state index contributed by atoms with van der Waals surface area (Å²) in [5.74, 6) is 0.487. The maximum Gasteiger partial charge on any atom is 0.343 e. The van der Waals surface area contributed by atoms with Gasteiger partial charge in [0.05, 0.1) is 38.7 Å². The minimum absolute atomic E-state index is 0.241. The van der Waals surface area contributed by atoms with Gasteiger partial charge in [-0.3, -0.25) is 4.79 Å². The lowest BCUT2D eigenvalue weighted by Crippen LogP contribution is -2.18. The van der Waals surface area contributed by atoms with Crippen LogP contribution in [0.1, 0.15) is 26.3 Å². The summed E-state index contributed by atoms with van der Waals surface area (Å²) in [5, 5.41) is 3.96. The molecular formula is C24H21BrN2O6. The second kappa shape index (κ2) is 11.1. The van der Waals surface area contributed by atoms with Crippen molar-refractivity contribution in [2.24, 2.45) is 5.10 Å². The Morgan fingerprint density at radius 2 is 1.55 bits per heavy atom. The Bertz CT molecular complexity index is 1150. The third kappa shape index (κ3) is 5.89. The van der Waals surface area contributed by atoms with Crippen molar-refractivity contribution in [3.05, 3.63) is 81.8 Å². The first-order chi connectivity index (χ1) is 16.0. The van der Waals surface area contributed by atoms with Gasteiger partial charge < -0.3 is 18.9 Å². The van der Waals surface area contributed by atoms with Gasteiger partial charge in [0.25, 0.3) is 5.91 Å². The lowest BCUT2D eigenvalue weighted by atomic mass is 10.2. The predicted octanol–water partition coefficient (Wildman–Crippen LogP) is 4.46. The predicted molar refractivity (Wildman–Crippen MR) is 127 cm³/mol. The molecule has 3 rings (SSSR count). The fourth-order valence-corrected chi connectivity index (χ4v) is 3.32. The highest BCUT2D eigenvalue weighted by Crippen LogP contribution is 2.38. The summed E-state index contributed by atoms with van der Waals surface area (Å²) in [6, 6.07) is 16.7. The van der Waals surface area contributed by atoms with Gasteiger partial charge >= 0.3 is 5.97 Å². The molecule has 0 unspecified atom stereocenters. The fraction of sp³-hybridized carbons (Fsp3) is 0.125. The Morgan fingerprint density at radius 1 is 0.909 bits per heavy atom. The Labute approximate surface area is 199 Å². The largest absolute Gasteiger partial charge is 0.493 e. The number of carbonyl (C=O) groups is 2. The van der Waals surface area contributed by atoms with E-state index in [-0.39, 0.29) is 11.5 Å². The van der Waals surface area contributed by atoms with Gasteiger partial charge in [0.15, 0.2) is 11.5 Å². The summed E-state index contributed by atoms with van der Waals surface area (Å²) in [6.45, 7) is 0. The first kappa shape index (κ1) is 23.8. The zero-order chi connectivity index (χ0) is 23.8. The van der Waals surface area contributed by atoms with Crippen LogP contribution in [0.4, 0.5) is 0 Å². The fourth-order valence-electron chi connectivity index (χ4n) is 2.86. The van der Waals surface area contributed by atoms with Crippen molar-refractivity contribution in [1.82, 2.24) is 5.43 Å². The van der Waals surface area contributed by atoms with E-state index in [1.165, 1.54) is 39.7 Å². The molecule has 1 amide bonds. The average Bonchev–Trinajstić information content (AvgIpc) is 2.84. The highest BCUT2D eigenvalue weighted by Gasteiger charge is 2.18. The molecule has 0 spiro atoms. The van der Waals surface area contributed by atoms with Gasteiger partial charge in [0.2, 0.25) is 5.75 Å². The zero-order valence-corrected chi connectivity index (χ0v) is 19.7. The third-order valence-corrected chi connectivity index (χ3v) is 5.18. The summed E-state index contributed by atoms with van der Waals surface area (Å²) in [5.41, 5.74) is 3.89. The topological polar surface area (TPSA) is 95.5 Å². The number of nitrogens with one attached hydrogen (secondary N) is 1. The van der Waals surface area contributed by atoms with Gasteiger partial charge in [-0.1, -0.05) is 12.1 Å². The molecule has 0 fully saturated rings. The molecule has 3 aromatic carbocycles. The van der Waals surface area contributed by atoms with Gasteiger partial charge in [-0.05, 0) is 70.0 Å². The molecule has 0 atom stereocenters. The number of hydrogen-bond acceptors (Lipinski definition) is 7. The molecule has 0 aliphatic rings. The van der Waals surface area contributed by atoms with Crippen molar-refractivity contribution in [1.29, 1.82) is 0 Å². The second-order valence-electron chi connectivity index (χ2n) is 6.55. The smallest absolute Gasteiger partial charge is 0.343 e. The van der Waals surface area contributed by atoms with Crippen LogP contribution in [0.5, 0.6) is 23.0 Å². The number of benzene rings is 3. The highest BCUT2D eigenvalue weighted by molar-refractivity contribution is 9.10. The number of methoxy groups -OCH3 is 3. The van der Waals surface area contributed by atoms with Gasteiger partial charge in [0, 0.05) is 4.47 Å². The van der Waals surface area contributed by atoms with Crippen molar-refractivity contribution in [3.63, 3.8) is 0 Å². The maximum atomic E-state index is 12.6. The van der Waals surface area contributed by atoms with Crippen LogP contribution in [-0.4, -0.2) is 39.4 Å². The van der Waals surface area contributed by atoms with E-state index in [2.05, 4.69) is 26.5 Å². The van der Waals surface area contributed by atoms with Crippen LogP contribution in [0.3, 0.4) is 0 Å². The maximum absolute atomic E-state index is 12.6. The van der Waals surface area contributed by atoms with Gasteiger partial charge in [-0.25, -0.2) is 10.2 Å². The number of amides is 1. The second-order valence-corrected chi connectivity index (χ2v) is 7.41. The number of nitrogens with zero attached hydrogens (tertiary/aromatic N) is 1. The molecule has 0 radical (unpaired) electrons. The number of ether oxygens (including phenoxy) is 4. The van der Waals surface area contributed by atoms with Gasteiger partial charge in [-0.2, -0.15) is 5.10 Å². The third-order valence-electron chi connectivity index (χ3n) is 4.49. The quantitative estimate of drug-likeness (QED) is 0.207. The standard InChI is InChI=1S/C24H21BrN2O6/c1-30-20-12-16(13-21(31-2)22(20)32-3)24(29)33-17-10-8-15(9-11-17)14-26-27-23(28)18-6-4-5-7-19(18)25/h4-14H,1-3H3,(H,27,28)/b26-14+. The SMILES string of the molecule is COc1cc(C(=O)Oc2ccc(/C=N/NC(=O)c3ccccc3Br)cc2)cc(OC)c1OC. The molecule has 0 heterocycles. The monoisotopic (exact) mass is 512 g/mol. The molecule has 8 nitrogen and oxygen atoms in total. The minimum Gasteiger partial charge on any atom is -0.493 e. The van der Waals surface area contributed by atoms with Crippen molar-refractivity contribution in [3.8, 4) is 23.0 Å². The molecule has 0 aliphatic heterocycles. The van der Waals surface area contributed by atoms with E-state index in [1.807, 2.05) is 6.07 Å². The van der Waals surface area contributed by atoms with Gasteiger partial charge in [0.1, 0.15) is 5.75 Å². The summed E-state index contributed by atoms with van der Waals surface area (Å²) < 4.78 is 21.9. The summed E-state index contributed by atoms with van der Waals surface area (Å²) >= 11 is 3.33. The molecule has 0 aliphatic carbocycles. The van der Waals surface area contributed by atoms with E-state index in [0.29, 0.717) is 38.6 Å². The summed E-state index contributed by atoms with van der Waals surface area (Å²) in [4.78, 5) is 24.8. The van der Waals surface area contributed by atoms with Crippen molar-refractivity contribution >= 4 is 34.0 Å². The molecule has 0 saturated heterocycles. The highest BCUT2D eigenvalue weighted by atomic mass is 79.9. The first-order valence-electron chi connectivity index (χ1n) is 9.67. The van der Waals surface area contributed by atoms with E-state index in [9.17, 15) is 9.59 Å². The Morgan fingerprint density at radius 3 is 2.12 bits per heavy atom. The molecule has 9 heteroatoms. The number of carbonyl (C=O) groups excluding carboxylic acids is 2. The van der Waals surface area contributed by atoms with Crippen molar-refractivity contribution < 1.29 is 28.5 Å². The molecule has 170 valence electrons. The number of esters is 1. The van der Waals surface area contributed by atoms with E-state index in [1.54, 1.807) is 42.5 Å². The number of halogens is 1. The molecule has 1 N–H and O–H groups in total. The summed E-state index contributed by atoms with van der Waals surface area (Å²) in [6.07, 6.45) is 1.49. The van der Waals surface area contributed by atoms with Crippen LogP contribution in [0, 0.1) is 0 Å². The van der Waals surface area contributed by atoms with Crippen molar-refractivity contribution in [2.75, 3.05) is 21.3 Å². The number of rotatable bonds is 8. The van der Waals surface area contributed by atoms with E-state index in [0.717, 1.165) is 0 Å². The summed E-state index contributed by atoms with van der Waals surface area (Å²) in [7, 11) is 4.41. The lowest BCUT2D eigenvalue weighted by molar-refractivity contribution is 0.0733. The molecular weight excluding hydrogens is 492 g/mol. The average molecular weight is 513 g/mol. The Hall–Kier alpha value is -3.85. The molecule has 0 bridgehead atoms. The van der Waals surface area contributed by atoms with Crippen molar-refractivity contribution in [2.45, 2.75) is 0 Å².